The van der Waals surface area contributed by atoms with Crippen LogP contribution < -0.4 is 5.32 Å². The first kappa shape index (κ1) is 15.2. The van der Waals surface area contributed by atoms with Gasteiger partial charge < -0.3 is 5.32 Å². The van der Waals surface area contributed by atoms with Crippen molar-refractivity contribution < 1.29 is 4.79 Å². The van der Waals surface area contributed by atoms with Crippen molar-refractivity contribution in [3.8, 4) is 11.3 Å². The second-order valence-electron chi connectivity index (χ2n) is 5.71. The van der Waals surface area contributed by atoms with Gasteiger partial charge in [-0.1, -0.05) is 6.07 Å². The number of hydrogen-bond acceptors (Lipinski definition) is 3. The quantitative estimate of drug-likeness (QED) is 0.808. The van der Waals surface area contributed by atoms with Gasteiger partial charge in [0.05, 0.1) is 17.6 Å². The van der Waals surface area contributed by atoms with Gasteiger partial charge in [0.25, 0.3) is 0 Å². The summed E-state index contributed by atoms with van der Waals surface area (Å²) in [4.78, 5) is 20.6. The zero-order valence-corrected chi connectivity index (χ0v) is 13.6. The van der Waals surface area contributed by atoms with E-state index in [9.17, 15) is 4.79 Å². The maximum atomic E-state index is 11.5. The highest BCUT2D eigenvalue weighted by atomic mass is 16.1. The third kappa shape index (κ3) is 3.21. The van der Waals surface area contributed by atoms with Crippen LogP contribution in [0.25, 0.3) is 22.2 Å². The molecule has 4 heteroatoms. The fourth-order valence-electron chi connectivity index (χ4n) is 2.59. The minimum atomic E-state index is 0.0114. The first-order chi connectivity index (χ1) is 11.1. The summed E-state index contributed by atoms with van der Waals surface area (Å²) in [6, 6.07) is 12.1. The Hall–Kier alpha value is -2.75. The molecule has 0 aliphatic carbocycles. The van der Waals surface area contributed by atoms with E-state index >= 15 is 0 Å². The summed E-state index contributed by atoms with van der Waals surface area (Å²) in [5.41, 5.74) is 5.98. The summed E-state index contributed by atoms with van der Waals surface area (Å²) in [7, 11) is 1.65. The van der Waals surface area contributed by atoms with Gasteiger partial charge in [-0.15, -0.1) is 0 Å². The maximum absolute atomic E-state index is 11.5. The molecule has 0 aliphatic heterocycles. The number of nitrogens with zero attached hydrogens (tertiary/aromatic N) is 2. The molecule has 1 N–H and O–H groups in total. The first-order valence-corrected chi connectivity index (χ1v) is 7.60. The van der Waals surface area contributed by atoms with Crippen molar-refractivity contribution in [3.63, 3.8) is 0 Å². The number of carbonyl (C=O) groups is 1. The minimum Gasteiger partial charge on any atom is -0.359 e. The highest BCUT2D eigenvalue weighted by Crippen LogP contribution is 2.25. The van der Waals surface area contributed by atoms with Crippen LogP contribution in [0, 0.1) is 13.8 Å². The van der Waals surface area contributed by atoms with Gasteiger partial charge in [0.15, 0.2) is 0 Å². The number of fused-ring (bicyclic) bond motifs is 1. The molecule has 23 heavy (non-hydrogen) atoms. The molecule has 0 radical (unpaired) electrons. The Bertz CT molecular complexity index is 870. The van der Waals surface area contributed by atoms with E-state index in [0.717, 1.165) is 39.0 Å². The third-order valence-electron chi connectivity index (χ3n) is 3.93. The molecule has 1 aromatic carbocycles. The highest BCUT2D eigenvalue weighted by molar-refractivity contribution is 5.87. The Balaban J connectivity index is 2.04. The summed E-state index contributed by atoms with van der Waals surface area (Å²) < 4.78 is 0. The molecular weight excluding hydrogens is 286 g/mol. The first-order valence-electron chi connectivity index (χ1n) is 7.60. The minimum absolute atomic E-state index is 0.0114. The van der Waals surface area contributed by atoms with Gasteiger partial charge in [-0.25, -0.2) is 4.98 Å². The van der Waals surface area contributed by atoms with E-state index in [0.29, 0.717) is 6.42 Å². The normalized spacial score (nSPS) is 10.7. The SMILES string of the molecule is CNC(=O)Cc1ccc2nc(-c3ccc(C)nc3)cc(C)c2c1. The number of amides is 1. The largest absolute Gasteiger partial charge is 0.359 e. The highest BCUT2D eigenvalue weighted by Gasteiger charge is 2.08. The molecule has 0 unspecified atom stereocenters. The Morgan fingerprint density at radius 2 is 1.96 bits per heavy atom. The Kier molecular flexibility index (Phi) is 4.06. The second kappa shape index (κ2) is 6.16. The summed E-state index contributed by atoms with van der Waals surface area (Å²) in [5.74, 6) is 0.0114. The van der Waals surface area contributed by atoms with Crippen LogP contribution >= 0.6 is 0 Å². The molecule has 0 saturated carbocycles. The monoisotopic (exact) mass is 305 g/mol. The number of benzene rings is 1. The molecule has 1 amide bonds. The number of likely N-dealkylation sites (N-methyl/N-ethyl adjacent to an activating group) is 1. The van der Waals surface area contributed by atoms with E-state index in [1.165, 1.54) is 0 Å². The van der Waals surface area contributed by atoms with E-state index in [1.54, 1.807) is 7.05 Å². The zero-order valence-electron chi connectivity index (χ0n) is 13.6. The lowest BCUT2D eigenvalue weighted by atomic mass is 10.0. The van der Waals surface area contributed by atoms with Crippen LogP contribution in [-0.4, -0.2) is 22.9 Å². The number of carbonyl (C=O) groups excluding carboxylic acids is 1. The fraction of sp³-hybridized carbons (Fsp3) is 0.211. The molecule has 3 aromatic rings. The van der Waals surface area contributed by atoms with Gasteiger partial charge in [-0.3, -0.25) is 9.78 Å². The molecule has 0 aliphatic rings. The lowest BCUT2D eigenvalue weighted by Gasteiger charge is -2.09. The van der Waals surface area contributed by atoms with Crippen LogP contribution in [0.15, 0.2) is 42.6 Å². The number of hydrogen-bond donors (Lipinski definition) is 1. The number of rotatable bonds is 3. The average Bonchev–Trinajstić information content (AvgIpc) is 2.55. The van der Waals surface area contributed by atoms with Gasteiger partial charge in [-0.05, 0) is 55.3 Å². The molecule has 0 fully saturated rings. The van der Waals surface area contributed by atoms with Gasteiger partial charge in [-0.2, -0.15) is 0 Å². The molecule has 116 valence electrons. The van der Waals surface area contributed by atoms with Crippen LogP contribution in [0.5, 0.6) is 0 Å². The fourth-order valence-corrected chi connectivity index (χ4v) is 2.59. The van der Waals surface area contributed by atoms with E-state index in [-0.39, 0.29) is 5.91 Å². The molecular formula is C19H19N3O. The lowest BCUT2D eigenvalue weighted by Crippen LogP contribution is -2.19. The van der Waals surface area contributed by atoms with E-state index in [2.05, 4.69) is 23.3 Å². The van der Waals surface area contributed by atoms with Crippen LogP contribution in [0.1, 0.15) is 16.8 Å². The van der Waals surface area contributed by atoms with Crippen molar-refractivity contribution in [1.29, 1.82) is 0 Å². The van der Waals surface area contributed by atoms with Gasteiger partial charge in [0, 0.05) is 29.9 Å². The van der Waals surface area contributed by atoms with Crippen LogP contribution in [0.2, 0.25) is 0 Å². The molecule has 0 saturated heterocycles. The maximum Gasteiger partial charge on any atom is 0.224 e. The third-order valence-corrected chi connectivity index (χ3v) is 3.93. The molecule has 0 bridgehead atoms. The van der Waals surface area contributed by atoms with Gasteiger partial charge in [0.2, 0.25) is 5.91 Å². The van der Waals surface area contributed by atoms with Crippen molar-refractivity contribution in [2.24, 2.45) is 0 Å². The molecule has 2 heterocycles. The van der Waals surface area contributed by atoms with Crippen LogP contribution in [-0.2, 0) is 11.2 Å². The number of pyridine rings is 2. The van der Waals surface area contributed by atoms with Gasteiger partial charge >= 0.3 is 0 Å². The van der Waals surface area contributed by atoms with Crippen molar-refractivity contribution >= 4 is 16.8 Å². The standard InChI is InChI=1S/C19H19N3O/c1-12-8-18(15-6-4-13(2)21-11-15)22-17-7-5-14(9-16(12)17)10-19(23)20-3/h4-9,11H,10H2,1-3H3,(H,20,23). The topological polar surface area (TPSA) is 54.9 Å². The smallest absolute Gasteiger partial charge is 0.224 e. The molecule has 4 nitrogen and oxygen atoms in total. The zero-order chi connectivity index (χ0) is 16.4. The summed E-state index contributed by atoms with van der Waals surface area (Å²) in [6.45, 7) is 4.04. The molecule has 0 atom stereocenters. The number of aromatic nitrogens is 2. The van der Waals surface area contributed by atoms with Crippen molar-refractivity contribution in [1.82, 2.24) is 15.3 Å². The lowest BCUT2D eigenvalue weighted by molar-refractivity contribution is -0.119. The van der Waals surface area contributed by atoms with Crippen molar-refractivity contribution in [2.45, 2.75) is 20.3 Å². The predicted octanol–water partition coefficient (Wildman–Crippen LogP) is 3.20. The Morgan fingerprint density at radius 1 is 1.13 bits per heavy atom. The summed E-state index contributed by atoms with van der Waals surface area (Å²) in [6.07, 6.45) is 2.23. The summed E-state index contributed by atoms with van der Waals surface area (Å²) in [5, 5.41) is 3.73. The average molecular weight is 305 g/mol. The van der Waals surface area contributed by atoms with Crippen molar-refractivity contribution in [3.05, 3.63) is 59.4 Å². The Labute approximate surface area is 135 Å². The van der Waals surface area contributed by atoms with Crippen LogP contribution in [0.4, 0.5) is 0 Å². The Morgan fingerprint density at radius 3 is 2.65 bits per heavy atom. The number of aryl methyl sites for hydroxylation is 2. The van der Waals surface area contributed by atoms with Crippen LogP contribution in [0.3, 0.4) is 0 Å². The van der Waals surface area contributed by atoms with Crippen molar-refractivity contribution in [2.75, 3.05) is 7.05 Å². The van der Waals surface area contributed by atoms with Gasteiger partial charge in [0.1, 0.15) is 0 Å². The van der Waals surface area contributed by atoms with E-state index < -0.39 is 0 Å². The molecule has 3 rings (SSSR count). The second-order valence-corrected chi connectivity index (χ2v) is 5.71. The predicted molar refractivity (Wildman–Crippen MR) is 92.2 cm³/mol. The summed E-state index contributed by atoms with van der Waals surface area (Å²) >= 11 is 0. The molecule has 2 aromatic heterocycles. The molecule has 0 spiro atoms. The van der Waals surface area contributed by atoms with E-state index in [1.807, 2.05) is 43.5 Å². The number of nitrogens with one attached hydrogen (secondary N) is 1. The van der Waals surface area contributed by atoms with E-state index in [4.69, 9.17) is 4.98 Å².